The van der Waals surface area contributed by atoms with E-state index in [9.17, 15) is 14.0 Å². The number of carbonyl (C=O) groups is 1. The van der Waals surface area contributed by atoms with Crippen LogP contribution >= 0.6 is 11.3 Å². The first-order valence-electron chi connectivity index (χ1n) is 10.1. The van der Waals surface area contributed by atoms with Crippen LogP contribution in [0.4, 0.5) is 4.39 Å². The fourth-order valence-corrected chi connectivity index (χ4v) is 4.26. The van der Waals surface area contributed by atoms with E-state index in [1.807, 2.05) is 37.3 Å². The van der Waals surface area contributed by atoms with Gasteiger partial charge in [-0.05, 0) is 30.7 Å². The summed E-state index contributed by atoms with van der Waals surface area (Å²) in [7, 11) is 0. The van der Waals surface area contributed by atoms with E-state index in [2.05, 4.69) is 15.4 Å². The highest BCUT2D eigenvalue weighted by molar-refractivity contribution is 7.18. The Morgan fingerprint density at radius 1 is 1.06 bits per heavy atom. The Hall–Kier alpha value is -3.65. The third-order valence-electron chi connectivity index (χ3n) is 4.84. The van der Waals surface area contributed by atoms with Crippen LogP contribution in [0, 0.1) is 12.7 Å². The first-order chi connectivity index (χ1) is 15.5. The van der Waals surface area contributed by atoms with Crippen molar-refractivity contribution in [3.05, 3.63) is 94.2 Å². The number of hydrogen-bond acceptors (Lipinski definition) is 5. The second kappa shape index (κ2) is 9.65. The van der Waals surface area contributed by atoms with E-state index in [1.54, 1.807) is 18.2 Å². The lowest BCUT2D eigenvalue weighted by Crippen LogP contribution is -2.32. The Bertz CT molecular complexity index is 1280. The van der Waals surface area contributed by atoms with Crippen molar-refractivity contribution in [3.63, 3.8) is 0 Å². The zero-order valence-corrected chi connectivity index (χ0v) is 18.2. The Balaban J connectivity index is 1.43. The van der Waals surface area contributed by atoms with Crippen LogP contribution in [0.25, 0.3) is 21.1 Å². The van der Waals surface area contributed by atoms with Gasteiger partial charge in [-0.1, -0.05) is 42.5 Å². The highest BCUT2D eigenvalue weighted by Crippen LogP contribution is 2.33. The lowest BCUT2D eigenvalue weighted by atomic mass is 10.1. The van der Waals surface area contributed by atoms with Gasteiger partial charge in [0.05, 0.1) is 23.5 Å². The molecule has 0 aliphatic rings. The largest absolute Gasteiger partial charge is 0.354 e. The van der Waals surface area contributed by atoms with Crippen molar-refractivity contribution in [1.29, 1.82) is 0 Å². The summed E-state index contributed by atoms with van der Waals surface area (Å²) in [5, 5.41) is 8.15. The smallest absolute Gasteiger partial charge is 0.266 e. The molecule has 0 radical (unpaired) electrons. The molecule has 8 heteroatoms. The van der Waals surface area contributed by atoms with Crippen molar-refractivity contribution in [2.75, 3.05) is 6.54 Å². The summed E-state index contributed by atoms with van der Waals surface area (Å²) in [6.07, 6.45) is 0.144. The van der Waals surface area contributed by atoms with Gasteiger partial charge < -0.3 is 5.32 Å². The molecule has 0 aliphatic carbocycles. The van der Waals surface area contributed by atoms with E-state index >= 15 is 0 Å². The maximum Gasteiger partial charge on any atom is 0.266 e. The molecule has 2 heterocycles. The van der Waals surface area contributed by atoms with Crippen molar-refractivity contribution in [3.8, 4) is 21.1 Å². The third kappa shape index (κ3) is 5.15. The predicted molar refractivity (Wildman–Crippen MR) is 123 cm³/mol. The van der Waals surface area contributed by atoms with Crippen molar-refractivity contribution in [1.82, 2.24) is 20.1 Å². The molecule has 1 amide bonds. The molecule has 0 saturated carbocycles. The number of aromatic nitrogens is 3. The monoisotopic (exact) mass is 448 g/mol. The molecule has 0 bridgehead atoms. The molecule has 0 spiro atoms. The number of hydrogen-bond donors (Lipinski definition) is 1. The Morgan fingerprint density at radius 2 is 1.81 bits per heavy atom. The van der Waals surface area contributed by atoms with Crippen LogP contribution in [0.3, 0.4) is 0 Å². The Morgan fingerprint density at radius 3 is 2.56 bits per heavy atom. The van der Waals surface area contributed by atoms with Gasteiger partial charge in [0.2, 0.25) is 5.91 Å². The van der Waals surface area contributed by atoms with Gasteiger partial charge in [0, 0.05) is 18.2 Å². The number of nitrogens with zero attached hydrogens (tertiary/aromatic N) is 3. The van der Waals surface area contributed by atoms with Crippen molar-refractivity contribution in [2.45, 2.75) is 19.9 Å². The molecule has 0 fully saturated rings. The first-order valence-corrected chi connectivity index (χ1v) is 10.9. The molecule has 1 N–H and O–H groups in total. The highest BCUT2D eigenvalue weighted by Gasteiger charge is 2.14. The summed E-state index contributed by atoms with van der Waals surface area (Å²) in [4.78, 5) is 29.9. The summed E-state index contributed by atoms with van der Waals surface area (Å²) < 4.78 is 14.3. The zero-order chi connectivity index (χ0) is 22.5. The number of thiazole rings is 1. The third-order valence-corrected chi connectivity index (χ3v) is 6.07. The molecular formula is C24H21FN4O2S. The fraction of sp³-hybridized carbons (Fsp3) is 0.167. The van der Waals surface area contributed by atoms with E-state index in [1.165, 1.54) is 34.2 Å². The molecule has 0 aliphatic heterocycles. The van der Waals surface area contributed by atoms with E-state index in [0.717, 1.165) is 26.7 Å². The molecule has 0 unspecified atom stereocenters. The molecule has 2 aromatic heterocycles. The minimum Gasteiger partial charge on any atom is -0.354 e. The van der Waals surface area contributed by atoms with Crippen LogP contribution in [-0.2, 0) is 17.8 Å². The molecule has 6 nitrogen and oxygen atoms in total. The molecule has 4 rings (SSSR count). The quantitative estimate of drug-likeness (QED) is 0.466. The number of carbonyl (C=O) groups excluding carboxylic acids is 1. The maximum absolute atomic E-state index is 13.0. The highest BCUT2D eigenvalue weighted by atomic mass is 32.1. The molecule has 32 heavy (non-hydrogen) atoms. The lowest BCUT2D eigenvalue weighted by molar-refractivity contribution is -0.120. The standard InChI is InChI=1S/C24H21FN4O2S/c1-16-23(32-24(27-16)18-5-3-2-4-6-18)20-11-12-22(31)29(28-20)14-13-26-21(30)15-17-7-9-19(25)10-8-17/h2-12H,13-15H2,1H3,(H,26,30). The van der Waals surface area contributed by atoms with Crippen molar-refractivity contribution < 1.29 is 9.18 Å². The minimum absolute atomic E-state index is 0.144. The Labute approximate surface area is 188 Å². The predicted octanol–water partition coefficient (Wildman–Crippen LogP) is 3.84. The van der Waals surface area contributed by atoms with Gasteiger partial charge >= 0.3 is 0 Å². The van der Waals surface area contributed by atoms with Gasteiger partial charge in [-0.2, -0.15) is 5.10 Å². The van der Waals surface area contributed by atoms with E-state index in [0.29, 0.717) is 5.69 Å². The van der Waals surface area contributed by atoms with E-state index in [-0.39, 0.29) is 36.8 Å². The normalized spacial score (nSPS) is 10.8. The maximum atomic E-state index is 13.0. The van der Waals surface area contributed by atoms with Crippen LogP contribution in [0.5, 0.6) is 0 Å². The van der Waals surface area contributed by atoms with Gasteiger partial charge in [0.25, 0.3) is 5.56 Å². The number of halogens is 1. The lowest BCUT2D eigenvalue weighted by Gasteiger charge is -2.08. The first kappa shape index (κ1) is 21.6. The Kier molecular flexibility index (Phi) is 6.51. The van der Waals surface area contributed by atoms with Gasteiger partial charge in [0.15, 0.2) is 0 Å². The second-order valence-electron chi connectivity index (χ2n) is 7.23. The second-order valence-corrected chi connectivity index (χ2v) is 8.23. The minimum atomic E-state index is -0.341. The average molecular weight is 449 g/mol. The molecule has 2 aromatic carbocycles. The SMILES string of the molecule is Cc1nc(-c2ccccc2)sc1-c1ccc(=O)n(CCNC(=O)Cc2ccc(F)cc2)n1. The molecular weight excluding hydrogens is 427 g/mol. The van der Waals surface area contributed by atoms with Crippen LogP contribution in [0.1, 0.15) is 11.3 Å². The molecule has 4 aromatic rings. The fourth-order valence-electron chi connectivity index (χ4n) is 3.22. The van der Waals surface area contributed by atoms with Crippen molar-refractivity contribution >= 4 is 17.2 Å². The van der Waals surface area contributed by atoms with Crippen LogP contribution in [-0.4, -0.2) is 27.2 Å². The average Bonchev–Trinajstić information content (AvgIpc) is 3.19. The number of rotatable bonds is 7. The van der Waals surface area contributed by atoms with Gasteiger partial charge in [-0.15, -0.1) is 11.3 Å². The van der Waals surface area contributed by atoms with E-state index in [4.69, 9.17) is 0 Å². The summed E-state index contributed by atoms with van der Waals surface area (Å²) >= 11 is 1.53. The summed E-state index contributed by atoms with van der Waals surface area (Å²) in [5.41, 5.74) is 3.02. The molecule has 0 saturated heterocycles. The van der Waals surface area contributed by atoms with Crippen molar-refractivity contribution in [2.24, 2.45) is 0 Å². The number of aryl methyl sites for hydroxylation is 1. The summed E-state index contributed by atoms with van der Waals surface area (Å²) in [5.74, 6) is -0.543. The number of amides is 1. The molecule has 0 atom stereocenters. The summed E-state index contributed by atoms with van der Waals surface area (Å²) in [6.45, 7) is 2.42. The topological polar surface area (TPSA) is 76.9 Å². The van der Waals surface area contributed by atoms with E-state index < -0.39 is 0 Å². The zero-order valence-electron chi connectivity index (χ0n) is 17.4. The van der Waals surface area contributed by atoms with Crippen LogP contribution in [0.2, 0.25) is 0 Å². The number of nitrogens with one attached hydrogen (secondary N) is 1. The van der Waals surface area contributed by atoms with Crippen LogP contribution in [0.15, 0.2) is 71.5 Å². The van der Waals surface area contributed by atoms with Gasteiger partial charge in [0.1, 0.15) is 16.5 Å². The van der Waals surface area contributed by atoms with Crippen LogP contribution < -0.4 is 10.9 Å². The van der Waals surface area contributed by atoms with Gasteiger partial charge in [-0.3, -0.25) is 9.59 Å². The van der Waals surface area contributed by atoms with Gasteiger partial charge in [-0.25, -0.2) is 14.1 Å². The molecule has 162 valence electrons. The number of benzene rings is 2. The summed E-state index contributed by atoms with van der Waals surface area (Å²) in [6, 6.07) is 18.9.